The number of nitrogens with two attached hydrogens (primary N) is 1. The first-order valence-electron chi connectivity index (χ1n) is 8.83. The maximum Gasteiger partial charge on any atom is 0.269 e. The molecule has 2 aliphatic rings. The molecule has 2 aliphatic heterocycles. The number of aromatic nitrogens is 2. The van der Waals surface area contributed by atoms with E-state index in [0.29, 0.717) is 17.3 Å². The van der Waals surface area contributed by atoms with Crippen molar-refractivity contribution in [1.29, 1.82) is 0 Å². The van der Waals surface area contributed by atoms with Crippen LogP contribution in [0.15, 0.2) is 24.3 Å². The Morgan fingerprint density at radius 1 is 1.34 bits per heavy atom. The molecular formula is C18H18F2IN5O3. The summed E-state index contributed by atoms with van der Waals surface area (Å²) in [6.07, 6.45) is -2.27. The Labute approximate surface area is 170 Å². The summed E-state index contributed by atoms with van der Waals surface area (Å²) in [5.74, 6) is -1.70. The predicted molar refractivity (Wildman–Crippen MR) is 109 cm³/mol. The van der Waals surface area contributed by atoms with Crippen molar-refractivity contribution >= 4 is 47.8 Å². The number of primary amides is 1. The van der Waals surface area contributed by atoms with Gasteiger partial charge in [0.05, 0.1) is 16.1 Å². The summed E-state index contributed by atoms with van der Waals surface area (Å²) < 4.78 is 32.4. The summed E-state index contributed by atoms with van der Waals surface area (Å²) in [4.78, 5) is 38.5. The SMILES string of the molecule is C#I1[C@@H]2C[C@@H](C(=O)NCC(F)F)N(C(=O)Cn3nc(C(N)=O)c4ccccc43)[C@@H]21. The highest BCUT2D eigenvalue weighted by atomic mass is 127. The Morgan fingerprint density at radius 2 is 2.07 bits per heavy atom. The molecule has 0 aliphatic carbocycles. The molecule has 1 aromatic heterocycles. The van der Waals surface area contributed by atoms with E-state index in [1.165, 1.54) is 9.58 Å². The summed E-state index contributed by atoms with van der Waals surface area (Å²) in [6.45, 7) is -0.969. The lowest BCUT2D eigenvalue weighted by Crippen LogP contribution is -2.49. The van der Waals surface area contributed by atoms with E-state index in [4.69, 9.17) is 10.0 Å². The van der Waals surface area contributed by atoms with Gasteiger partial charge in [0, 0.05) is 9.31 Å². The first-order valence-corrected chi connectivity index (χ1v) is 12.6. The average Bonchev–Trinajstić information content (AvgIpc) is 3.05. The number of hydrogen-bond acceptors (Lipinski definition) is 4. The van der Waals surface area contributed by atoms with Gasteiger partial charge in [-0.3, -0.25) is 19.1 Å². The predicted octanol–water partition coefficient (Wildman–Crippen LogP) is 0.921. The first-order chi connectivity index (χ1) is 13.8. The van der Waals surface area contributed by atoms with Crippen molar-refractivity contribution in [2.24, 2.45) is 5.73 Å². The van der Waals surface area contributed by atoms with Crippen molar-refractivity contribution in [1.82, 2.24) is 20.0 Å². The van der Waals surface area contributed by atoms with Gasteiger partial charge in [-0.05, 0) is 12.5 Å². The number of hydrogen-bond donors (Lipinski definition) is 2. The van der Waals surface area contributed by atoms with E-state index in [9.17, 15) is 23.2 Å². The number of alkyl halides is 4. The highest BCUT2D eigenvalue weighted by Gasteiger charge is 2.58. The van der Waals surface area contributed by atoms with E-state index in [0.717, 1.165) is 0 Å². The van der Waals surface area contributed by atoms with Gasteiger partial charge in [0.2, 0.25) is 11.8 Å². The molecule has 0 unspecified atom stereocenters. The Morgan fingerprint density at radius 3 is 2.76 bits per heavy atom. The van der Waals surface area contributed by atoms with E-state index in [1.807, 2.05) is 0 Å². The molecule has 3 N–H and O–H groups in total. The van der Waals surface area contributed by atoms with Gasteiger partial charge in [-0.25, -0.2) is 8.78 Å². The second kappa shape index (κ2) is 7.38. The van der Waals surface area contributed by atoms with E-state index in [-0.39, 0.29) is 26.1 Å². The molecule has 154 valence electrons. The number of likely N-dealkylation sites (tertiary alicyclic amines) is 1. The highest BCUT2D eigenvalue weighted by Crippen LogP contribution is 2.63. The van der Waals surface area contributed by atoms with E-state index in [2.05, 4.69) is 10.4 Å². The minimum absolute atomic E-state index is 0.0534. The van der Waals surface area contributed by atoms with Gasteiger partial charge in [-0.2, -0.15) is 5.10 Å². The molecule has 11 heteroatoms. The zero-order valence-electron chi connectivity index (χ0n) is 15.1. The number of carbonyl (C=O) groups excluding carboxylic acids is 3. The molecule has 0 saturated carbocycles. The van der Waals surface area contributed by atoms with E-state index in [1.54, 1.807) is 24.3 Å². The molecule has 2 aromatic rings. The van der Waals surface area contributed by atoms with Crippen LogP contribution in [0.1, 0.15) is 16.9 Å². The molecule has 0 bridgehead atoms. The zero-order valence-corrected chi connectivity index (χ0v) is 17.3. The van der Waals surface area contributed by atoms with Crippen molar-refractivity contribution in [2.75, 3.05) is 6.54 Å². The molecule has 1 aromatic carbocycles. The second-order valence-electron chi connectivity index (χ2n) is 6.84. The summed E-state index contributed by atoms with van der Waals surface area (Å²) in [5.41, 5.74) is 5.99. The van der Waals surface area contributed by atoms with Crippen LogP contribution in [0.3, 0.4) is 0 Å². The molecule has 29 heavy (non-hydrogen) atoms. The smallest absolute Gasteiger partial charge is 0.269 e. The average molecular weight is 517 g/mol. The van der Waals surface area contributed by atoms with Crippen molar-refractivity contribution < 1.29 is 23.2 Å². The minimum Gasteiger partial charge on any atom is -0.364 e. The molecule has 0 radical (unpaired) electrons. The van der Waals surface area contributed by atoms with Crippen molar-refractivity contribution in [3.8, 4) is 4.31 Å². The van der Waals surface area contributed by atoms with Crippen LogP contribution in [-0.2, 0) is 16.1 Å². The highest BCUT2D eigenvalue weighted by molar-refractivity contribution is 14.2. The van der Waals surface area contributed by atoms with Crippen LogP contribution in [0.4, 0.5) is 8.78 Å². The molecular weight excluding hydrogens is 499 g/mol. The van der Waals surface area contributed by atoms with Crippen LogP contribution in [0, 0.1) is 4.31 Å². The van der Waals surface area contributed by atoms with Crippen molar-refractivity contribution in [3.63, 3.8) is 0 Å². The van der Waals surface area contributed by atoms with Crippen LogP contribution in [0.5, 0.6) is 0 Å². The summed E-state index contributed by atoms with van der Waals surface area (Å²) in [5, 5.41) is 6.88. The Kier molecular flexibility index (Phi) is 5.03. The summed E-state index contributed by atoms with van der Waals surface area (Å²) in [7, 11) is 0. The lowest BCUT2D eigenvalue weighted by atomic mass is 10.2. The standard InChI is InChI=1S/C18H18F2IN5O3/c1-21-10-6-12(18(29)23-7-13(19)20)26(16(10)21)14(27)8-25-11-5-3-2-4-9(11)15(24-25)17(22)28/h1-5,10,12-13,16H,6-8H2,(H2,22,28)(H,23,29)/t10-,12+,16+/m1/s1. The molecule has 4 rings (SSSR count). The largest absolute Gasteiger partial charge is 0.364 e. The molecule has 3 atom stereocenters. The summed E-state index contributed by atoms with van der Waals surface area (Å²) in [6, 6.07) is 6.05. The molecule has 3 heterocycles. The van der Waals surface area contributed by atoms with Gasteiger partial charge in [0.1, 0.15) is 12.6 Å². The van der Waals surface area contributed by atoms with Crippen LogP contribution in [0.25, 0.3) is 10.9 Å². The number of benzene rings is 1. The molecule has 0 spiro atoms. The molecule has 8 nitrogen and oxygen atoms in total. The van der Waals surface area contributed by atoms with Crippen molar-refractivity contribution in [3.05, 3.63) is 30.0 Å². The van der Waals surface area contributed by atoms with Gasteiger partial charge < -0.3 is 16.0 Å². The lowest BCUT2D eigenvalue weighted by Gasteiger charge is -2.26. The lowest BCUT2D eigenvalue weighted by molar-refractivity contribution is -0.139. The number of fused-ring (bicyclic) bond motifs is 2. The van der Waals surface area contributed by atoms with Crippen LogP contribution < -0.4 is 11.1 Å². The Bertz CT molecular complexity index is 1090. The fraction of sp³-hybridized carbons (Fsp3) is 0.389. The third-order valence-corrected chi connectivity index (χ3v) is 10.2. The van der Waals surface area contributed by atoms with Gasteiger partial charge in [-0.1, -0.05) is 18.2 Å². The number of nitrogens with one attached hydrogen (secondary N) is 1. The minimum atomic E-state index is -2.67. The number of rotatable bonds is 6. The van der Waals surface area contributed by atoms with Crippen molar-refractivity contribution in [2.45, 2.75) is 33.4 Å². The van der Waals surface area contributed by atoms with Crippen LogP contribution >= 0.6 is 19.1 Å². The topological polar surface area (TPSA) is 110 Å². The summed E-state index contributed by atoms with van der Waals surface area (Å²) >= 11 is -1.82. The number of halogens is 3. The quantitative estimate of drug-likeness (QED) is 0.338. The van der Waals surface area contributed by atoms with Crippen LogP contribution in [-0.4, -0.2) is 59.4 Å². The van der Waals surface area contributed by atoms with E-state index < -0.39 is 50.0 Å². The van der Waals surface area contributed by atoms with Gasteiger partial charge in [0.15, 0.2) is 5.69 Å². The molecule has 2 fully saturated rings. The fourth-order valence-corrected chi connectivity index (χ4v) is 9.22. The second-order valence-corrected chi connectivity index (χ2v) is 11.9. The molecule has 2 saturated heterocycles. The maximum absolute atomic E-state index is 13.1. The number of amides is 3. The molecule has 3 amide bonds. The Balaban J connectivity index is 1.59. The third-order valence-electron chi connectivity index (χ3n) is 5.06. The van der Waals surface area contributed by atoms with Gasteiger partial charge >= 0.3 is 0 Å². The fourth-order valence-electron chi connectivity index (χ4n) is 3.72. The first kappa shape index (κ1) is 19.8. The zero-order chi connectivity index (χ0) is 20.9. The van der Waals surface area contributed by atoms with Gasteiger partial charge in [-0.15, -0.1) is 23.5 Å². The number of para-hydroxylation sites is 1. The monoisotopic (exact) mass is 517 g/mol. The van der Waals surface area contributed by atoms with E-state index >= 15 is 0 Å². The van der Waals surface area contributed by atoms with Gasteiger partial charge in [0.25, 0.3) is 12.3 Å². The normalized spacial score (nSPS) is 23.4. The number of nitrogens with zero attached hydrogens (tertiary/aromatic N) is 3. The third kappa shape index (κ3) is 3.48. The van der Waals surface area contributed by atoms with Crippen LogP contribution in [0.2, 0.25) is 0 Å². The number of carbonyl (C=O) groups is 3. The Hall–Kier alpha value is -2.53. The maximum atomic E-state index is 13.1.